The third-order valence-electron chi connectivity index (χ3n) is 5.71. The molecule has 0 saturated heterocycles. The first-order valence-corrected chi connectivity index (χ1v) is 10.2. The van der Waals surface area contributed by atoms with Crippen LogP contribution in [-0.2, 0) is 24.2 Å². The molecule has 1 N–H and O–H groups in total. The number of fused-ring (bicyclic) bond motifs is 3. The SMILES string of the molecule is C[C@@H]1CCCC[C@@H]1NC(=O)Cn1cnc2sc3c(c2c1=O)CCCC3. The summed E-state index contributed by atoms with van der Waals surface area (Å²) in [6.45, 7) is 2.26. The van der Waals surface area contributed by atoms with Gasteiger partial charge in [0.05, 0.1) is 11.7 Å². The summed E-state index contributed by atoms with van der Waals surface area (Å²) in [6.07, 6.45) is 10.5. The van der Waals surface area contributed by atoms with Crippen molar-refractivity contribution in [2.24, 2.45) is 5.92 Å². The highest BCUT2D eigenvalue weighted by molar-refractivity contribution is 7.18. The van der Waals surface area contributed by atoms with E-state index in [1.165, 1.54) is 47.0 Å². The molecule has 2 aliphatic carbocycles. The summed E-state index contributed by atoms with van der Waals surface area (Å²) in [5.41, 5.74) is 1.12. The van der Waals surface area contributed by atoms with E-state index < -0.39 is 0 Å². The highest BCUT2D eigenvalue weighted by atomic mass is 32.1. The second kappa shape index (κ2) is 6.90. The van der Waals surface area contributed by atoms with E-state index in [4.69, 9.17) is 0 Å². The first-order chi connectivity index (χ1) is 12.1. The smallest absolute Gasteiger partial charge is 0.262 e. The molecular formula is C19H25N3O2S. The van der Waals surface area contributed by atoms with Crippen molar-refractivity contribution in [3.63, 3.8) is 0 Å². The molecule has 2 aromatic heterocycles. The topological polar surface area (TPSA) is 64.0 Å². The number of aryl methyl sites for hydroxylation is 2. The van der Waals surface area contributed by atoms with Crippen LogP contribution in [-0.4, -0.2) is 21.5 Å². The summed E-state index contributed by atoms with van der Waals surface area (Å²) in [5.74, 6) is 0.435. The number of rotatable bonds is 3. The van der Waals surface area contributed by atoms with Crippen molar-refractivity contribution in [2.45, 2.75) is 70.9 Å². The van der Waals surface area contributed by atoms with Crippen LogP contribution in [0, 0.1) is 5.92 Å². The number of aromatic nitrogens is 2. The second-order valence-electron chi connectivity index (χ2n) is 7.50. The molecule has 2 heterocycles. The van der Waals surface area contributed by atoms with Gasteiger partial charge in [0.2, 0.25) is 5.91 Å². The summed E-state index contributed by atoms with van der Waals surface area (Å²) >= 11 is 1.65. The fourth-order valence-electron chi connectivity index (χ4n) is 4.23. The lowest BCUT2D eigenvalue weighted by atomic mass is 9.86. The van der Waals surface area contributed by atoms with Crippen LogP contribution >= 0.6 is 11.3 Å². The second-order valence-corrected chi connectivity index (χ2v) is 8.59. The molecule has 2 atom stereocenters. The minimum atomic E-state index is -0.0777. The molecule has 4 rings (SSSR count). The number of carbonyl (C=O) groups excluding carboxylic acids is 1. The zero-order chi connectivity index (χ0) is 17.4. The molecule has 0 spiro atoms. The molecule has 0 bridgehead atoms. The van der Waals surface area contributed by atoms with Crippen LogP contribution in [0.4, 0.5) is 0 Å². The van der Waals surface area contributed by atoms with Crippen LogP contribution in [0.1, 0.15) is 55.9 Å². The summed E-state index contributed by atoms with van der Waals surface area (Å²) < 4.78 is 1.48. The first kappa shape index (κ1) is 16.8. The van der Waals surface area contributed by atoms with Crippen molar-refractivity contribution in [1.29, 1.82) is 0 Å². The zero-order valence-corrected chi connectivity index (χ0v) is 15.5. The summed E-state index contributed by atoms with van der Waals surface area (Å²) in [6, 6.07) is 0.238. The molecule has 134 valence electrons. The standard InChI is InChI=1S/C19H25N3O2S/c1-12-6-2-4-8-14(12)21-16(23)10-22-11-20-18-17(19(22)24)13-7-3-5-9-15(13)25-18/h11-12,14H,2-10H2,1H3,(H,21,23)/t12-,14+/m1/s1. The number of carbonyl (C=O) groups is 1. The zero-order valence-electron chi connectivity index (χ0n) is 14.7. The molecule has 0 aliphatic heterocycles. The average molecular weight is 359 g/mol. The van der Waals surface area contributed by atoms with Crippen molar-refractivity contribution in [1.82, 2.24) is 14.9 Å². The fourth-order valence-corrected chi connectivity index (χ4v) is 5.45. The molecule has 0 aromatic carbocycles. The van der Waals surface area contributed by atoms with E-state index >= 15 is 0 Å². The normalized spacial score (nSPS) is 23.4. The first-order valence-electron chi connectivity index (χ1n) is 9.42. The van der Waals surface area contributed by atoms with Crippen molar-refractivity contribution in [3.8, 4) is 0 Å². The Balaban J connectivity index is 1.56. The predicted molar refractivity (Wildman–Crippen MR) is 100 cm³/mol. The van der Waals surface area contributed by atoms with Gasteiger partial charge >= 0.3 is 0 Å². The van der Waals surface area contributed by atoms with Gasteiger partial charge < -0.3 is 5.32 Å². The molecule has 1 fully saturated rings. The fraction of sp³-hybridized carbons (Fsp3) is 0.632. The number of amides is 1. The van der Waals surface area contributed by atoms with E-state index in [2.05, 4.69) is 17.2 Å². The monoisotopic (exact) mass is 359 g/mol. The minimum Gasteiger partial charge on any atom is -0.352 e. The summed E-state index contributed by atoms with van der Waals surface area (Å²) in [7, 11) is 0. The van der Waals surface area contributed by atoms with Gasteiger partial charge in [-0.25, -0.2) is 4.98 Å². The van der Waals surface area contributed by atoms with Crippen LogP contribution in [0.3, 0.4) is 0 Å². The number of nitrogens with one attached hydrogen (secondary N) is 1. The van der Waals surface area contributed by atoms with Gasteiger partial charge in [0, 0.05) is 10.9 Å². The molecule has 5 nitrogen and oxygen atoms in total. The number of hydrogen-bond donors (Lipinski definition) is 1. The Hall–Kier alpha value is -1.69. The molecule has 2 aliphatic rings. The van der Waals surface area contributed by atoms with Crippen molar-refractivity contribution in [3.05, 3.63) is 27.1 Å². The van der Waals surface area contributed by atoms with E-state index in [0.29, 0.717) is 5.92 Å². The van der Waals surface area contributed by atoms with Crippen LogP contribution in [0.5, 0.6) is 0 Å². The summed E-state index contributed by atoms with van der Waals surface area (Å²) in [4.78, 5) is 31.9. The quantitative estimate of drug-likeness (QED) is 0.916. The van der Waals surface area contributed by atoms with Gasteiger partial charge in [-0.05, 0) is 50.0 Å². The maximum absolute atomic E-state index is 12.9. The third kappa shape index (κ3) is 3.24. The van der Waals surface area contributed by atoms with Crippen LogP contribution < -0.4 is 10.9 Å². The van der Waals surface area contributed by atoms with Gasteiger partial charge in [-0.1, -0.05) is 19.8 Å². The van der Waals surface area contributed by atoms with Crippen LogP contribution in [0.25, 0.3) is 10.2 Å². The minimum absolute atomic E-state index is 0.0590. The number of thiophene rings is 1. The van der Waals surface area contributed by atoms with Crippen LogP contribution in [0.15, 0.2) is 11.1 Å². The van der Waals surface area contributed by atoms with Crippen molar-refractivity contribution >= 4 is 27.5 Å². The molecule has 1 amide bonds. The van der Waals surface area contributed by atoms with Crippen molar-refractivity contribution < 1.29 is 4.79 Å². The van der Waals surface area contributed by atoms with Gasteiger partial charge in [0.25, 0.3) is 5.56 Å². The maximum atomic E-state index is 12.9. The lowest BCUT2D eigenvalue weighted by molar-refractivity contribution is -0.123. The number of nitrogens with zero attached hydrogens (tertiary/aromatic N) is 2. The van der Waals surface area contributed by atoms with Crippen molar-refractivity contribution in [2.75, 3.05) is 0 Å². The Kier molecular flexibility index (Phi) is 4.63. The Morgan fingerprint density at radius 2 is 2.08 bits per heavy atom. The van der Waals surface area contributed by atoms with E-state index in [9.17, 15) is 9.59 Å². The third-order valence-corrected chi connectivity index (χ3v) is 6.91. The molecule has 0 unspecified atom stereocenters. The average Bonchev–Trinajstić information content (AvgIpc) is 2.99. The lowest BCUT2D eigenvalue weighted by Gasteiger charge is -2.29. The molecular weight excluding hydrogens is 334 g/mol. The molecule has 0 radical (unpaired) electrons. The van der Waals surface area contributed by atoms with E-state index in [1.54, 1.807) is 11.3 Å². The lowest BCUT2D eigenvalue weighted by Crippen LogP contribution is -2.43. The summed E-state index contributed by atoms with van der Waals surface area (Å²) in [5, 5.41) is 3.88. The van der Waals surface area contributed by atoms with Gasteiger partial charge in [0.1, 0.15) is 11.4 Å². The number of hydrogen-bond acceptors (Lipinski definition) is 4. The van der Waals surface area contributed by atoms with Crippen LogP contribution in [0.2, 0.25) is 0 Å². The maximum Gasteiger partial charge on any atom is 0.262 e. The van der Waals surface area contributed by atoms with Gasteiger partial charge in [0.15, 0.2) is 0 Å². The highest BCUT2D eigenvalue weighted by Gasteiger charge is 2.24. The predicted octanol–water partition coefficient (Wildman–Crippen LogP) is 3.03. The Morgan fingerprint density at radius 1 is 1.28 bits per heavy atom. The van der Waals surface area contributed by atoms with Gasteiger partial charge in [-0.3, -0.25) is 14.2 Å². The molecule has 2 aromatic rings. The Bertz CT molecular complexity index is 854. The Labute approximate surface area is 151 Å². The van der Waals surface area contributed by atoms with Gasteiger partial charge in [-0.15, -0.1) is 11.3 Å². The molecule has 1 saturated carbocycles. The van der Waals surface area contributed by atoms with E-state index in [1.807, 2.05) is 0 Å². The van der Waals surface area contributed by atoms with Gasteiger partial charge in [-0.2, -0.15) is 0 Å². The largest absolute Gasteiger partial charge is 0.352 e. The molecule has 25 heavy (non-hydrogen) atoms. The highest BCUT2D eigenvalue weighted by Crippen LogP contribution is 2.33. The Morgan fingerprint density at radius 3 is 2.92 bits per heavy atom. The van der Waals surface area contributed by atoms with E-state index in [-0.39, 0.29) is 24.1 Å². The van der Waals surface area contributed by atoms with E-state index in [0.717, 1.165) is 35.9 Å². The molecule has 6 heteroatoms.